The van der Waals surface area contributed by atoms with Gasteiger partial charge in [0.05, 0.1) is 140 Å². The molecule has 12 aromatic rings. The summed E-state index contributed by atoms with van der Waals surface area (Å²) in [6.07, 6.45) is -1.32. The van der Waals surface area contributed by atoms with E-state index in [1.165, 1.54) is 21.9 Å². The molecule has 2 saturated heterocycles. The lowest BCUT2D eigenvalue weighted by atomic mass is 9.85. The fraction of sp³-hybridized carbons (Fsp3) is 0.402. The average molecular weight is 1960 g/mol. The molecule has 11 N–H and O–H groups in total. The van der Waals surface area contributed by atoms with Gasteiger partial charge in [-0.25, -0.2) is 19.2 Å². The molecule has 0 saturated carbocycles. The summed E-state index contributed by atoms with van der Waals surface area (Å²) in [6.45, 7) is 27.4. The van der Waals surface area contributed by atoms with Crippen LogP contribution in [-0.4, -0.2) is 237 Å². The summed E-state index contributed by atoms with van der Waals surface area (Å²) in [6, 6.07) is 52.0. The summed E-state index contributed by atoms with van der Waals surface area (Å²) in [4.78, 5) is 90.5. The van der Waals surface area contributed by atoms with Gasteiger partial charge < -0.3 is 109 Å². The lowest BCUT2D eigenvalue weighted by molar-refractivity contribution is -0.144. The Morgan fingerprint density at radius 1 is 0.464 bits per heavy atom. The second kappa shape index (κ2) is 50.6. The highest BCUT2D eigenvalue weighted by Gasteiger charge is 2.46. The second-order valence-corrected chi connectivity index (χ2v) is 38.5. The number of nitrogens with zero attached hydrogens (tertiary/aromatic N) is 6. The van der Waals surface area contributed by atoms with Crippen LogP contribution in [0.25, 0.3) is 65.2 Å². The molecule has 30 nitrogen and oxygen atoms in total. The number of aliphatic carboxylic acids is 1. The van der Waals surface area contributed by atoms with Crippen molar-refractivity contribution in [1.29, 1.82) is 0 Å². The molecule has 140 heavy (non-hydrogen) atoms. The molecule has 748 valence electrons. The van der Waals surface area contributed by atoms with E-state index in [0.717, 1.165) is 116 Å². The smallest absolute Gasteiger partial charge is 0.329 e. The molecule has 4 aromatic heterocycles. The number of fused-ring (bicyclic) bond motifs is 2. The van der Waals surface area contributed by atoms with Gasteiger partial charge in [0.1, 0.15) is 79.1 Å². The number of aromatic nitrogens is 4. The van der Waals surface area contributed by atoms with Crippen LogP contribution in [0.15, 0.2) is 193 Å². The number of carboxylic acid groups (broad SMARTS) is 1. The summed E-state index contributed by atoms with van der Waals surface area (Å²) < 4.78 is 62.4. The fourth-order valence-electron chi connectivity index (χ4n) is 16.7. The summed E-state index contributed by atoms with van der Waals surface area (Å²) in [5.74, 6) is -1.14. The van der Waals surface area contributed by atoms with Crippen molar-refractivity contribution in [2.24, 2.45) is 16.6 Å². The van der Waals surface area contributed by atoms with Gasteiger partial charge in [-0.15, -0.1) is 22.7 Å². The SMILES string of the molecule is C.Cc1c(-c2ccc(O)cc2)n(Cc2ccc(OCCOCCOCCOCC(=O)O)cc2)c2ccc(O)cc12.Cc1ncsc1-c1ccc([C@H](C)NC(=O)[C@@H]2C[C@@H](O)CN2C(=O)[C@@H](N)C(C)(C)C)cc1.Cc1ncsc1-c1ccc([C@H](C)NC(=O)[C@@H]2C[C@@H](O)CN2C(=O)[C@@H](NC(=O)COCCOCCOCCOc2ccc(Cn3c(-c4ccc(F)cc4)c(C)c4cc(O)ccc43)cc2)C(C)(C)C)cc1. The first-order valence-corrected chi connectivity index (χ1v) is 48.2. The van der Waals surface area contributed by atoms with E-state index in [-0.39, 0.29) is 119 Å². The van der Waals surface area contributed by atoms with Crippen LogP contribution in [0.1, 0.15) is 133 Å². The van der Waals surface area contributed by atoms with Crippen LogP contribution in [0.5, 0.6) is 28.7 Å². The van der Waals surface area contributed by atoms with E-state index < -0.39 is 65.0 Å². The van der Waals surface area contributed by atoms with E-state index in [1.54, 1.807) is 71.2 Å². The minimum Gasteiger partial charge on any atom is -0.508 e. The molecule has 0 unspecified atom stereocenters. The van der Waals surface area contributed by atoms with Crippen LogP contribution in [0.3, 0.4) is 0 Å². The maximum atomic E-state index is 14.0. The minimum atomic E-state index is -1.00. The lowest BCUT2D eigenvalue weighted by Gasteiger charge is -2.35. The predicted octanol–water partition coefficient (Wildman–Crippen LogP) is 15.6. The third kappa shape index (κ3) is 29.3. The van der Waals surface area contributed by atoms with E-state index in [9.17, 15) is 58.7 Å². The maximum absolute atomic E-state index is 14.0. The molecule has 0 aliphatic carbocycles. The molecule has 2 aliphatic rings. The third-order valence-corrected chi connectivity index (χ3v) is 26.2. The number of ether oxygens (including phenoxy) is 8. The molecule has 0 spiro atoms. The molecule has 0 radical (unpaired) electrons. The number of aryl methyl sites for hydroxylation is 4. The number of hydrogen-bond donors (Lipinski definition) is 10. The van der Waals surface area contributed by atoms with Crippen LogP contribution in [0, 0.1) is 44.3 Å². The number of carbonyl (C=O) groups excluding carboxylic acids is 5. The Morgan fingerprint density at radius 3 is 1.21 bits per heavy atom. The monoisotopic (exact) mass is 1960 g/mol. The van der Waals surface area contributed by atoms with Crippen molar-refractivity contribution in [3.8, 4) is 72.1 Å². The Morgan fingerprint density at radius 2 is 0.829 bits per heavy atom. The first-order valence-electron chi connectivity index (χ1n) is 46.4. The standard InChI is InChI=1S/C53H62FN5O9S.C30H33NO8.C23H32N4O3S.CH4/c1-33-44-27-41(60)17-20-45(44)58(48(33)38-13-15-40(54)16-14-38)29-36-7-18-43(19-8-36)68-26-25-66-22-21-65-23-24-67-31-47(62)57-50(53(4,5)6)52(64)59-30-42(61)28-46(59)51(63)56-34(2)37-9-11-39(12-10-37)49-35(3)55-32-69-49;1-21-27-18-25(33)8-11-28(27)31(30(21)23-4-6-24(32)7-5-23)19-22-2-9-26(10-3-22)39-17-16-37-13-12-36-14-15-38-20-29(34)35;1-13(15-6-8-16(9-7-15)19-14(2)25-12-31-19)26-21(29)18-10-17(28)11-27(18)22(30)20(24)23(3,4)5;/h7-20,27,32,34,42,46,50,60-61H,21-26,28-31H2,1-6H3,(H,56,63)(H,57,62);2-11,18,32-33H,12-17,19-20H2,1H3,(H,34,35);6-9,12-13,17-18,20,28H,10-11,24H2,1-5H3,(H,26,29);1H4/t34-,42+,46-,50+;;13-,17+,18-,20+;/m0.0./s1. The number of phenols is 3. The molecular formula is C107H131FN10O20S2. The van der Waals surface area contributed by atoms with Crippen LogP contribution >= 0.6 is 22.7 Å². The van der Waals surface area contributed by atoms with E-state index in [4.69, 9.17) is 48.7 Å². The summed E-state index contributed by atoms with van der Waals surface area (Å²) in [5, 5.41) is 70.0. The molecule has 33 heteroatoms. The van der Waals surface area contributed by atoms with Gasteiger partial charge in [-0.1, -0.05) is 122 Å². The zero-order valence-electron chi connectivity index (χ0n) is 80.6. The number of nitrogens with two attached hydrogens (primary N) is 1. The highest BCUT2D eigenvalue weighted by molar-refractivity contribution is 7.13. The molecule has 2 fully saturated rings. The average Bonchev–Trinajstić information content (AvgIpc) is 1.60. The first-order chi connectivity index (χ1) is 66.5. The van der Waals surface area contributed by atoms with Crippen molar-refractivity contribution in [3.05, 3.63) is 244 Å². The largest absolute Gasteiger partial charge is 0.508 e. The molecular weight excluding hydrogens is 1830 g/mol. The second-order valence-electron chi connectivity index (χ2n) is 36.7. The number of aliphatic hydroxyl groups is 2. The Hall–Kier alpha value is -12.5. The molecule has 8 aromatic carbocycles. The van der Waals surface area contributed by atoms with Crippen LogP contribution in [-0.2, 0) is 70.3 Å². The van der Waals surface area contributed by atoms with Crippen LogP contribution < -0.4 is 31.2 Å². The number of halogens is 1. The number of thiazole rings is 2. The highest BCUT2D eigenvalue weighted by Crippen LogP contribution is 2.40. The van der Waals surface area contributed by atoms with Gasteiger partial charge in [0.25, 0.3) is 0 Å². The topological polar surface area (TPSA) is 402 Å². The van der Waals surface area contributed by atoms with E-state index >= 15 is 0 Å². The van der Waals surface area contributed by atoms with Crippen molar-refractivity contribution in [1.82, 2.24) is 44.9 Å². The number of nitrogens with one attached hydrogen (secondary N) is 3. The zero-order chi connectivity index (χ0) is 99.8. The Balaban J connectivity index is 0.000000222. The normalized spacial score (nSPS) is 15.6. The Kier molecular flexibility index (Phi) is 39.0. The van der Waals surface area contributed by atoms with Gasteiger partial charge in [0, 0.05) is 60.8 Å². The van der Waals surface area contributed by atoms with E-state index in [0.29, 0.717) is 78.3 Å². The minimum absolute atomic E-state index is 0. The number of likely N-dealkylation sites (tertiary alicyclic amines) is 2. The summed E-state index contributed by atoms with van der Waals surface area (Å²) >= 11 is 3.17. The van der Waals surface area contributed by atoms with Gasteiger partial charge in [0.2, 0.25) is 29.5 Å². The third-order valence-electron chi connectivity index (χ3n) is 24.2. The number of aliphatic hydroxyl groups excluding tert-OH is 2. The quantitative estimate of drug-likeness (QED) is 0.0159. The first kappa shape index (κ1) is 108. The number of hydrogen-bond acceptors (Lipinski definition) is 24. The number of amides is 5. The van der Waals surface area contributed by atoms with E-state index in [1.807, 2.05) is 215 Å². The molecule has 5 amide bonds. The Bertz CT molecular complexity index is 6080. The van der Waals surface area contributed by atoms with Gasteiger partial charge in [-0.3, -0.25) is 24.0 Å². The summed E-state index contributed by atoms with van der Waals surface area (Å²) in [5.41, 5.74) is 24.6. The maximum Gasteiger partial charge on any atom is 0.329 e. The Labute approximate surface area is 824 Å². The number of phenolic OH excluding ortho intramolecular Hbond substituents is 3. The van der Waals surface area contributed by atoms with Gasteiger partial charge >= 0.3 is 5.97 Å². The van der Waals surface area contributed by atoms with Crippen molar-refractivity contribution in [2.45, 2.75) is 165 Å². The van der Waals surface area contributed by atoms with Crippen molar-refractivity contribution in [2.75, 3.05) is 106 Å². The number of aromatic hydroxyl groups is 3. The van der Waals surface area contributed by atoms with Crippen LogP contribution in [0.4, 0.5) is 4.39 Å². The van der Waals surface area contributed by atoms with E-state index in [2.05, 4.69) is 35.1 Å². The van der Waals surface area contributed by atoms with Crippen molar-refractivity contribution in [3.63, 3.8) is 0 Å². The van der Waals surface area contributed by atoms with Crippen LogP contribution in [0.2, 0.25) is 0 Å². The summed E-state index contributed by atoms with van der Waals surface area (Å²) in [7, 11) is 0. The lowest BCUT2D eigenvalue weighted by Crippen LogP contribution is -2.58. The van der Waals surface area contributed by atoms with Gasteiger partial charge in [-0.05, 0) is 217 Å². The molecule has 0 bridgehead atoms. The number of benzene rings is 8. The van der Waals surface area contributed by atoms with Crippen molar-refractivity contribution < 1.29 is 102 Å². The van der Waals surface area contributed by atoms with Crippen molar-refractivity contribution >= 4 is 80.0 Å². The van der Waals surface area contributed by atoms with Gasteiger partial charge in [-0.2, -0.15) is 0 Å². The molecule has 2 aliphatic heterocycles. The number of carboxylic acids is 1. The number of rotatable bonds is 41. The number of β-amino-alcohol motifs (C(OH)–C–C–N with tert-alkyl or cyclic N) is 2. The highest BCUT2D eigenvalue weighted by atomic mass is 32.1. The van der Waals surface area contributed by atoms with Gasteiger partial charge in [0.15, 0.2) is 0 Å². The fourth-order valence-corrected chi connectivity index (χ4v) is 18.3. The molecule has 6 heterocycles. The number of carbonyl (C=O) groups is 6. The zero-order valence-corrected chi connectivity index (χ0v) is 82.2. The molecule has 8 atom stereocenters. The molecule has 14 rings (SSSR count). The predicted molar refractivity (Wildman–Crippen MR) is 539 cm³/mol.